The number of hydrogen-bond donors (Lipinski definition) is 0. The number of rotatable bonds is 33. The van der Waals surface area contributed by atoms with Crippen molar-refractivity contribution >= 4 is 47.8 Å². The average Bonchev–Trinajstić information content (AvgIpc) is 3.21. The van der Waals surface area contributed by atoms with E-state index in [1.165, 1.54) is 41.5 Å². The van der Waals surface area contributed by atoms with Crippen LogP contribution in [0.4, 0.5) is 0 Å². The maximum Gasteiger partial charge on any atom is 0.333 e. The molecule has 0 aromatic heterocycles. The Bertz CT molecular complexity index is 1410. The van der Waals surface area contributed by atoms with Gasteiger partial charge >= 0.3 is 47.8 Å². The fraction of sp³-hybridized carbons (Fsp3) is 0.565. The first-order valence-electron chi connectivity index (χ1n) is 20.2. The number of esters is 8. The summed E-state index contributed by atoms with van der Waals surface area (Å²) in [5.41, 5.74) is -2.22. The minimum Gasteiger partial charge on any atom is -0.465 e. The molecular formula is C46H66O16. The van der Waals surface area contributed by atoms with Crippen molar-refractivity contribution in [3.63, 3.8) is 0 Å². The van der Waals surface area contributed by atoms with Gasteiger partial charge in [-0.25, -0.2) is 28.8 Å². The molecular weight excluding hydrogens is 808 g/mol. The SMILES string of the molecule is C=C(C)C(=O)OCC(COC(=O)CCCCCCCCCCC(=O)OCC(COC(=O)C(=C)C)(COC(=O)C(=C)C)COC(=O)C(=C)C)(COC(=O)C(=C)C)COC(=O)C(=C)C. The molecule has 0 aromatic rings. The molecule has 16 heteroatoms. The van der Waals surface area contributed by atoms with Crippen LogP contribution in [0.5, 0.6) is 0 Å². The van der Waals surface area contributed by atoms with Crippen molar-refractivity contribution < 1.29 is 76.3 Å². The van der Waals surface area contributed by atoms with Gasteiger partial charge in [-0.1, -0.05) is 78.0 Å². The van der Waals surface area contributed by atoms with E-state index in [1.54, 1.807) is 0 Å². The normalized spacial score (nSPS) is 10.9. The third-order valence-corrected chi connectivity index (χ3v) is 8.74. The van der Waals surface area contributed by atoms with Gasteiger partial charge in [-0.15, -0.1) is 0 Å². The highest BCUT2D eigenvalue weighted by atomic mass is 16.6. The maximum atomic E-state index is 12.7. The van der Waals surface area contributed by atoms with Gasteiger partial charge in [-0.3, -0.25) is 9.59 Å². The van der Waals surface area contributed by atoms with Crippen molar-refractivity contribution in [2.45, 2.75) is 106 Å². The molecule has 62 heavy (non-hydrogen) atoms. The molecule has 0 N–H and O–H groups in total. The molecule has 0 heterocycles. The van der Waals surface area contributed by atoms with E-state index in [-0.39, 0.29) is 46.3 Å². The predicted octanol–water partition coefficient (Wildman–Crippen LogP) is 6.66. The molecule has 0 rings (SSSR count). The first-order valence-corrected chi connectivity index (χ1v) is 20.2. The van der Waals surface area contributed by atoms with E-state index in [1.807, 2.05) is 0 Å². The Labute approximate surface area is 365 Å². The van der Waals surface area contributed by atoms with Crippen LogP contribution in [0.1, 0.15) is 106 Å². The van der Waals surface area contributed by atoms with Gasteiger partial charge < -0.3 is 37.9 Å². The zero-order valence-electron chi connectivity index (χ0n) is 37.5. The van der Waals surface area contributed by atoms with E-state index in [2.05, 4.69) is 39.5 Å². The van der Waals surface area contributed by atoms with Crippen LogP contribution in [0.15, 0.2) is 72.9 Å². The largest absolute Gasteiger partial charge is 0.465 e. The van der Waals surface area contributed by atoms with Gasteiger partial charge in [-0.05, 0) is 54.4 Å². The summed E-state index contributed by atoms with van der Waals surface area (Å²) in [7, 11) is 0. The van der Waals surface area contributed by atoms with Gasteiger partial charge in [0.1, 0.15) is 63.7 Å². The van der Waals surface area contributed by atoms with Crippen LogP contribution < -0.4 is 0 Å². The van der Waals surface area contributed by atoms with E-state index in [0.717, 1.165) is 38.5 Å². The number of carbonyl (C=O) groups is 8. The second-order valence-corrected chi connectivity index (χ2v) is 15.8. The van der Waals surface area contributed by atoms with Crippen molar-refractivity contribution in [1.29, 1.82) is 0 Å². The molecule has 0 aliphatic rings. The summed E-state index contributed by atoms with van der Waals surface area (Å²) in [6.45, 7) is 26.7. The summed E-state index contributed by atoms with van der Waals surface area (Å²) >= 11 is 0. The molecule has 0 bridgehead atoms. The lowest BCUT2D eigenvalue weighted by Gasteiger charge is -2.31. The highest BCUT2D eigenvalue weighted by Crippen LogP contribution is 2.25. The fourth-order valence-corrected chi connectivity index (χ4v) is 4.76. The molecule has 0 saturated carbocycles. The fourth-order valence-electron chi connectivity index (χ4n) is 4.76. The van der Waals surface area contributed by atoms with E-state index < -0.39 is 111 Å². The molecule has 0 unspecified atom stereocenters. The smallest absolute Gasteiger partial charge is 0.333 e. The Balaban J connectivity index is 5.07. The van der Waals surface area contributed by atoms with Gasteiger partial charge in [0.05, 0.1) is 0 Å². The summed E-state index contributed by atoms with van der Waals surface area (Å²) in [6, 6.07) is 0. The van der Waals surface area contributed by atoms with Crippen molar-refractivity contribution in [2.75, 3.05) is 52.9 Å². The van der Waals surface area contributed by atoms with Crippen LogP contribution in [0.3, 0.4) is 0 Å². The van der Waals surface area contributed by atoms with Crippen molar-refractivity contribution in [1.82, 2.24) is 0 Å². The Morgan fingerprint density at radius 1 is 0.290 bits per heavy atom. The molecule has 0 radical (unpaired) electrons. The molecule has 0 aliphatic heterocycles. The van der Waals surface area contributed by atoms with Crippen LogP contribution in [0.25, 0.3) is 0 Å². The lowest BCUT2D eigenvalue weighted by atomic mass is 9.92. The maximum absolute atomic E-state index is 12.7. The van der Waals surface area contributed by atoms with Gasteiger partial charge in [-0.2, -0.15) is 0 Å². The van der Waals surface area contributed by atoms with Crippen LogP contribution in [-0.4, -0.2) is 101 Å². The molecule has 0 fully saturated rings. The number of unbranched alkanes of at least 4 members (excludes halogenated alkanes) is 7. The summed E-state index contributed by atoms with van der Waals surface area (Å²) in [5, 5.41) is 0. The second-order valence-electron chi connectivity index (χ2n) is 15.8. The molecule has 0 aliphatic carbocycles. The minimum absolute atomic E-state index is 0.0884. The van der Waals surface area contributed by atoms with Crippen molar-refractivity contribution in [3.8, 4) is 0 Å². The number of ether oxygens (including phenoxy) is 8. The zero-order chi connectivity index (χ0) is 47.5. The number of hydrogen-bond acceptors (Lipinski definition) is 16. The topological polar surface area (TPSA) is 210 Å². The molecule has 0 amide bonds. The average molecular weight is 875 g/mol. The van der Waals surface area contributed by atoms with Crippen LogP contribution in [0, 0.1) is 10.8 Å². The van der Waals surface area contributed by atoms with E-state index in [0.29, 0.717) is 12.8 Å². The summed E-state index contributed by atoms with van der Waals surface area (Å²) in [4.78, 5) is 98.8. The zero-order valence-corrected chi connectivity index (χ0v) is 37.5. The third-order valence-electron chi connectivity index (χ3n) is 8.74. The molecule has 0 saturated heterocycles. The van der Waals surface area contributed by atoms with Crippen LogP contribution in [-0.2, 0) is 76.3 Å². The van der Waals surface area contributed by atoms with E-state index in [9.17, 15) is 38.4 Å². The quantitative estimate of drug-likeness (QED) is 0.0292. The van der Waals surface area contributed by atoms with Gasteiger partial charge in [0, 0.05) is 46.3 Å². The summed E-state index contributed by atoms with van der Waals surface area (Å²) in [6.07, 6.45) is 6.17. The van der Waals surface area contributed by atoms with Crippen LogP contribution >= 0.6 is 0 Å². The number of carbonyl (C=O) groups excluding carboxylic acids is 8. The Kier molecular flexibility index (Phi) is 26.7. The van der Waals surface area contributed by atoms with E-state index >= 15 is 0 Å². The Morgan fingerprint density at radius 3 is 0.629 bits per heavy atom. The minimum atomic E-state index is -1.43. The molecule has 16 nitrogen and oxygen atoms in total. The summed E-state index contributed by atoms with van der Waals surface area (Å²) < 4.78 is 42.9. The molecule has 346 valence electrons. The van der Waals surface area contributed by atoms with Crippen LogP contribution in [0.2, 0.25) is 0 Å². The lowest BCUT2D eigenvalue weighted by molar-refractivity contribution is -0.170. The highest BCUT2D eigenvalue weighted by molar-refractivity contribution is 5.89. The predicted molar refractivity (Wildman–Crippen MR) is 228 cm³/mol. The standard InChI is InChI=1S/C46H66O16/c1-31(2)39(49)57-25-45(26-58-40(50)32(3)4,27-59-41(51)33(5)6)23-55-37(47)21-19-17-15-13-14-16-18-20-22-38(48)56-24-46(28-60-42(52)34(7)8,29-61-43(53)35(9)10)30-62-44(54)36(11)12/h1,3,5,7,9,11,13-30H2,2,4,6,8,10,12H3. The van der Waals surface area contributed by atoms with Gasteiger partial charge in [0.25, 0.3) is 0 Å². The second kappa shape index (κ2) is 29.5. The molecule has 0 atom stereocenters. The highest BCUT2D eigenvalue weighted by Gasteiger charge is 2.39. The van der Waals surface area contributed by atoms with Gasteiger partial charge in [0.2, 0.25) is 0 Å². The molecule has 0 spiro atoms. The van der Waals surface area contributed by atoms with Crippen molar-refractivity contribution in [2.24, 2.45) is 10.8 Å². The monoisotopic (exact) mass is 874 g/mol. The Morgan fingerprint density at radius 2 is 0.452 bits per heavy atom. The Hall–Kier alpha value is -5.80. The van der Waals surface area contributed by atoms with E-state index in [4.69, 9.17) is 37.9 Å². The third kappa shape index (κ3) is 24.5. The lowest BCUT2D eigenvalue weighted by Crippen LogP contribution is -2.44. The first kappa shape index (κ1) is 56.2. The van der Waals surface area contributed by atoms with Crippen molar-refractivity contribution in [3.05, 3.63) is 72.9 Å². The first-order chi connectivity index (χ1) is 29.0. The molecule has 0 aromatic carbocycles. The van der Waals surface area contributed by atoms with Gasteiger partial charge in [0.15, 0.2) is 0 Å². The summed E-state index contributed by atoms with van der Waals surface area (Å²) in [5.74, 6) is -5.52.